The van der Waals surface area contributed by atoms with Gasteiger partial charge in [-0.2, -0.15) is 0 Å². The number of unbranched alkanes of at least 4 members (excludes halogenated alkanes) is 16. The van der Waals surface area contributed by atoms with Crippen LogP contribution in [0, 0.1) is 0 Å². The molecule has 2 aromatic rings. The molecule has 0 aliphatic rings. The van der Waals surface area contributed by atoms with Crippen molar-refractivity contribution in [2.24, 2.45) is 0 Å². The molecule has 35 heavy (non-hydrogen) atoms. The fraction of sp³-hybridized carbons (Fsp3) is 0.618. The van der Waals surface area contributed by atoms with Crippen LogP contribution in [0.15, 0.2) is 60.9 Å². The van der Waals surface area contributed by atoms with Crippen molar-refractivity contribution >= 4 is 6.08 Å². The number of pyridine rings is 1. The Bertz CT molecular complexity index is 731. The molecule has 1 heterocycles. The van der Waals surface area contributed by atoms with Gasteiger partial charge in [-0.3, -0.25) is 0 Å². The van der Waals surface area contributed by atoms with E-state index in [1.807, 2.05) is 0 Å². The van der Waals surface area contributed by atoms with Crippen molar-refractivity contribution in [2.45, 2.75) is 135 Å². The van der Waals surface area contributed by atoms with Crippen molar-refractivity contribution in [1.82, 2.24) is 0 Å². The van der Waals surface area contributed by atoms with Crippen molar-refractivity contribution in [3.05, 3.63) is 72.1 Å². The molecule has 0 aliphatic heterocycles. The smallest absolute Gasteiger partial charge is 0.169 e. The number of rotatable bonds is 22. The third-order valence-electron chi connectivity index (χ3n) is 7.18. The minimum absolute atomic E-state index is 1.11. The van der Waals surface area contributed by atoms with Gasteiger partial charge in [-0.05, 0) is 36.8 Å². The first kappa shape index (κ1) is 29.3. The highest BCUT2D eigenvalue weighted by molar-refractivity contribution is 5.47. The first-order chi connectivity index (χ1) is 17.4. The number of benzene rings is 1. The normalized spacial score (nSPS) is 11.5. The first-order valence-corrected chi connectivity index (χ1v) is 15.1. The van der Waals surface area contributed by atoms with E-state index < -0.39 is 0 Å². The molecule has 0 atom stereocenters. The Morgan fingerprint density at radius 3 is 1.69 bits per heavy atom. The molecule has 2 rings (SSSR count). The maximum Gasteiger partial charge on any atom is 0.169 e. The SMILES string of the molecule is CCCCCCCCCCCCCCCCC/C=C\c1cc[n+](CCCCc2ccccc2)cc1. The molecule has 1 nitrogen and oxygen atoms in total. The van der Waals surface area contributed by atoms with Gasteiger partial charge in [0, 0.05) is 18.6 Å². The molecule has 0 spiro atoms. The van der Waals surface area contributed by atoms with Gasteiger partial charge < -0.3 is 0 Å². The minimum Gasteiger partial charge on any atom is -0.205 e. The van der Waals surface area contributed by atoms with Crippen molar-refractivity contribution in [3.8, 4) is 0 Å². The van der Waals surface area contributed by atoms with E-state index >= 15 is 0 Å². The van der Waals surface area contributed by atoms with Gasteiger partial charge in [0.2, 0.25) is 0 Å². The number of nitrogens with zero attached hydrogens (tertiary/aromatic N) is 1. The zero-order chi connectivity index (χ0) is 24.7. The van der Waals surface area contributed by atoms with Gasteiger partial charge in [0.15, 0.2) is 12.4 Å². The molecule has 0 unspecified atom stereocenters. The summed E-state index contributed by atoms with van der Waals surface area (Å²) in [5, 5.41) is 0. The maximum absolute atomic E-state index is 2.36. The highest BCUT2D eigenvalue weighted by atomic mass is 14.9. The zero-order valence-corrected chi connectivity index (χ0v) is 22.9. The van der Waals surface area contributed by atoms with Crippen LogP contribution in [0.2, 0.25) is 0 Å². The van der Waals surface area contributed by atoms with Gasteiger partial charge in [0.25, 0.3) is 0 Å². The number of aryl methyl sites for hydroxylation is 2. The van der Waals surface area contributed by atoms with Crippen LogP contribution in [0.5, 0.6) is 0 Å². The summed E-state index contributed by atoms with van der Waals surface area (Å²) in [6.07, 6.45) is 35.5. The average Bonchev–Trinajstić information content (AvgIpc) is 2.90. The minimum atomic E-state index is 1.11. The molecular formula is C34H54N+. The number of hydrogen-bond acceptors (Lipinski definition) is 0. The van der Waals surface area contributed by atoms with Crippen LogP contribution in [-0.2, 0) is 13.0 Å². The Labute approximate surface area is 218 Å². The maximum atomic E-state index is 2.36. The van der Waals surface area contributed by atoms with Gasteiger partial charge in [-0.1, -0.05) is 139 Å². The zero-order valence-electron chi connectivity index (χ0n) is 22.9. The molecule has 194 valence electrons. The van der Waals surface area contributed by atoms with E-state index in [1.54, 1.807) is 0 Å². The van der Waals surface area contributed by atoms with Crippen LogP contribution in [0.3, 0.4) is 0 Å². The summed E-state index contributed by atoms with van der Waals surface area (Å²) >= 11 is 0. The summed E-state index contributed by atoms with van der Waals surface area (Å²) in [5.41, 5.74) is 2.78. The second-order valence-electron chi connectivity index (χ2n) is 10.5. The lowest BCUT2D eigenvalue weighted by Gasteiger charge is -2.03. The standard InChI is InChI=1S/C34H54N/c1-2-3-4-5-6-7-8-9-10-11-12-13-14-15-16-17-19-26-34-28-31-35(32-29-34)30-23-22-27-33-24-20-18-21-25-33/h18-21,24-26,28-29,31-32H,2-17,22-23,27,30H2,1H3/q+1/b26-19-. The Kier molecular flexibility index (Phi) is 17.9. The quantitative estimate of drug-likeness (QED) is 0.117. The third kappa shape index (κ3) is 16.4. The molecular weight excluding hydrogens is 422 g/mol. The molecule has 0 N–H and O–H groups in total. The first-order valence-electron chi connectivity index (χ1n) is 15.1. The lowest BCUT2D eigenvalue weighted by atomic mass is 10.0. The second-order valence-corrected chi connectivity index (χ2v) is 10.5. The lowest BCUT2D eigenvalue weighted by Crippen LogP contribution is -2.32. The Hall–Kier alpha value is -1.89. The largest absolute Gasteiger partial charge is 0.205 e. The van der Waals surface area contributed by atoms with E-state index in [0.717, 1.165) is 6.54 Å². The Balaban J connectivity index is 1.37. The van der Waals surface area contributed by atoms with Crippen LogP contribution in [-0.4, -0.2) is 0 Å². The lowest BCUT2D eigenvalue weighted by molar-refractivity contribution is -0.697. The highest BCUT2D eigenvalue weighted by Crippen LogP contribution is 2.14. The van der Waals surface area contributed by atoms with E-state index in [4.69, 9.17) is 0 Å². The molecule has 0 radical (unpaired) electrons. The topological polar surface area (TPSA) is 3.88 Å². The van der Waals surface area contributed by atoms with Gasteiger partial charge in [-0.25, -0.2) is 4.57 Å². The van der Waals surface area contributed by atoms with Crippen molar-refractivity contribution in [3.63, 3.8) is 0 Å². The molecule has 0 fully saturated rings. The Morgan fingerprint density at radius 2 is 1.11 bits per heavy atom. The molecule has 0 amide bonds. The van der Waals surface area contributed by atoms with Crippen LogP contribution < -0.4 is 4.57 Å². The average molecular weight is 477 g/mol. The van der Waals surface area contributed by atoms with Crippen LogP contribution >= 0.6 is 0 Å². The van der Waals surface area contributed by atoms with Gasteiger partial charge in [-0.15, -0.1) is 0 Å². The Morgan fingerprint density at radius 1 is 0.571 bits per heavy atom. The van der Waals surface area contributed by atoms with E-state index in [1.165, 1.54) is 133 Å². The summed E-state index contributed by atoms with van der Waals surface area (Å²) in [7, 11) is 0. The summed E-state index contributed by atoms with van der Waals surface area (Å²) in [6, 6.07) is 15.3. The summed E-state index contributed by atoms with van der Waals surface area (Å²) in [5.74, 6) is 0. The van der Waals surface area contributed by atoms with E-state index in [0.29, 0.717) is 0 Å². The fourth-order valence-electron chi connectivity index (χ4n) is 4.85. The van der Waals surface area contributed by atoms with Crippen molar-refractivity contribution < 1.29 is 4.57 Å². The van der Waals surface area contributed by atoms with Gasteiger partial charge in [0.05, 0.1) is 0 Å². The predicted molar refractivity (Wildman–Crippen MR) is 155 cm³/mol. The highest BCUT2D eigenvalue weighted by Gasteiger charge is 2.00. The van der Waals surface area contributed by atoms with Crippen LogP contribution in [0.25, 0.3) is 6.08 Å². The molecule has 0 bridgehead atoms. The van der Waals surface area contributed by atoms with Gasteiger partial charge >= 0.3 is 0 Å². The van der Waals surface area contributed by atoms with Crippen molar-refractivity contribution in [1.29, 1.82) is 0 Å². The number of hydrogen-bond donors (Lipinski definition) is 0. The monoisotopic (exact) mass is 476 g/mol. The summed E-state index contributed by atoms with van der Waals surface area (Å²) in [6.45, 7) is 3.41. The van der Waals surface area contributed by atoms with E-state index in [9.17, 15) is 0 Å². The molecule has 1 aromatic carbocycles. The molecule has 0 saturated heterocycles. The van der Waals surface area contributed by atoms with Gasteiger partial charge in [0.1, 0.15) is 6.54 Å². The van der Waals surface area contributed by atoms with E-state index in [2.05, 4.69) is 78.5 Å². The molecule has 0 saturated carbocycles. The molecule has 1 heteroatoms. The van der Waals surface area contributed by atoms with Crippen LogP contribution in [0.1, 0.15) is 134 Å². The number of aromatic nitrogens is 1. The van der Waals surface area contributed by atoms with E-state index in [-0.39, 0.29) is 0 Å². The molecule has 1 aromatic heterocycles. The summed E-state index contributed by atoms with van der Waals surface area (Å²) < 4.78 is 2.32. The fourth-order valence-corrected chi connectivity index (χ4v) is 4.85. The molecule has 0 aliphatic carbocycles. The predicted octanol–water partition coefficient (Wildman–Crippen LogP) is 10.3. The van der Waals surface area contributed by atoms with Crippen molar-refractivity contribution in [2.75, 3.05) is 0 Å². The third-order valence-corrected chi connectivity index (χ3v) is 7.18. The summed E-state index contributed by atoms with van der Waals surface area (Å²) in [4.78, 5) is 0. The second kappa shape index (κ2) is 21.4. The van der Waals surface area contributed by atoms with Crippen LogP contribution in [0.4, 0.5) is 0 Å². The number of allylic oxidation sites excluding steroid dienone is 1.